The molecular weight excluding hydrogens is 1050 g/mol. The maximum atomic E-state index is 13.6. The van der Waals surface area contributed by atoms with Gasteiger partial charge in [0, 0.05) is 20.0 Å². The zero-order chi connectivity index (χ0) is 58.6. The van der Waals surface area contributed by atoms with Crippen LogP contribution in [0.1, 0.15) is 213 Å². The number of allylic oxidation sites excluding steroid dienone is 1. The molecule has 1 saturated carbocycles. The van der Waals surface area contributed by atoms with Gasteiger partial charge in [-0.05, 0) is 19.3 Å². The summed E-state index contributed by atoms with van der Waals surface area (Å²) in [6.45, 7) is 1.91. The summed E-state index contributed by atoms with van der Waals surface area (Å²) < 4.78 is 40.0. The van der Waals surface area contributed by atoms with Crippen LogP contribution in [0, 0.1) is 0 Å². The molecular formula is C56H105N2O20P. The van der Waals surface area contributed by atoms with E-state index in [1.165, 1.54) is 128 Å². The molecule has 79 heavy (non-hydrogen) atoms. The molecule has 1 aliphatic heterocycles. The quantitative estimate of drug-likeness (QED) is 0.0210. The van der Waals surface area contributed by atoms with Gasteiger partial charge in [0.1, 0.15) is 61.5 Å². The maximum Gasteiger partial charge on any atom is 0.472 e. The van der Waals surface area contributed by atoms with Crippen LogP contribution in [0.15, 0.2) is 12.2 Å². The van der Waals surface area contributed by atoms with Crippen molar-refractivity contribution in [1.82, 2.24) is 10.6 Å². The van der Waals surface area contributed by atoms with Gasteiger partial charge in [-0.25, -0.2) is 9.36 Å². The van der Waals surface area contributed by atoms with Gasteiger partial charge in [-0.15, -0.1) is 0 Å². The van der Waals surface area contributed by atoms with Gasteiger partial charge < -0.3 is 80.8 Å². The standard InChI is InChI=1S/C56H105N2O20P/c1-4-6-8-10-12-14-16-17-18-19-20-21-22-23-25-27-29-31-33-35-44(63)57-40(41(60)34-32-30-28-26-24-15-13-11-9-7-5-2)38-75-79(72,73)78-54-50(68)48(66)49(67)53(51(54)69)77-56(55(70)71)36-42(61)46(58-45(64)37-59)52(76-56)47(65)43(62)39-74-3/h32,34,40-43,46-54,59-62,65-69H,4-31,33,35-39H2,1-3H3,(H,57,63)(H,58,64)(H,70,71)(H,72,73)/b34-32+/t40-,41+,42-,43+,46?,47+,48-,49-,50+,51+,52+,53+,54-,56-/m0/s1. The van der Waals surface area contributed by atoms with Crippen LogP contribution in [0.5, 0.6) is 0 Å². The van der Waals surface area contributed by atoms with Crippen molar-refractivity contribution in [2.45, 2.75) is 298 Å². The third-order valence-electron chi connectivity index (χ3n) is 15.1. The van der Waals surface area contributed by atoms with Crippen LogP contribution in [-0.2, 0) is 42.2 Å². The van der Waals surface area contributed by atoms with E-state index in [4.69, 9.17) is 23.3 Å². The normalized spacial score (nSPS) is 26.8. The Labute approximate surface area is 470 Å². The first-order chi connectivity index (χ1) is 37.8. The van der Waals surface area contributed by atoms with Crippen molar-refractivity contribution < 1.29 is 98.2 Å². The Bertz CT molecular complexity index is 1700. The number of methoxy groups -OCH3 is 1. The maximum absolute atomic E-state index is 13.6. The lowest BCUT2D eigenvalue weighted by Gasteiger charge is -2.50. The molecule has 0 aromatic heterocycles. The SMILES string of the molecule is CCCCCCCCCCC/C=C/[C@@H](O)[C@H](COP(=O)(O)O[C@@H]1[C@H](O)[C@H](O[C@]2(C(=O)O)C[C@H](O)C(NC(=O)CO)[C@H]([C@H](O)[C@H](O)COC)O2)[C@@H](O)[C@H](O)[C@H]1O)NC(=O)CCCCCCCCCCCCCCCCCCCCC. The van der Waals surface area contributed by atoms with Gasteiger partial charge >= 0.3 is 13.8 Å². The second kappa shape index (κ2) is 41.7. The number of rotatable bonds is 47. The molecule has 2 rings (SSSR count). The Balaban J connectivity index is 2.08. The number of phosphoric acid groups is 1. The van der Waals surface area contributed by atoms with Crippen LogP contribution >= 0.6 is 7.82 Å². The summed E-state index contributed by atoms with van der Waals surface area (Å²) in [6, 6.07) is -3.01. The van der Waals surface area contributed by atoms with E-state index in [1.54, 1.807) is 6.08 Å². The molecule has 464 valence electrons. The number of carbonyl (C=O) groups is 3. The Kier molecular flexibility index (Phi) is 38.5. The van der Waals surface area contributed by atoms with Crippen molar-refractivity contribution in [3.63, 3.8) is 0 Å². The van der Waals surface area contributed by atoms with Gasteiger partial charge in [0.05, 0.1) is 37.5 Å². The number of phosphoric ester groups is 1. The van der Waals surface area contributed by atoms with E-state index in [9.17, 15) is 74.9 Å². The van der Waals surface area contributed by atoms with Crippen LogP contribution in [0.2, 0.25) is 0 Å². The van der Waals surface area contributed by atoms with Gasteiger partial charge in [-0.1, -0.05) is 193 Å². The zero-order valence-electron chi connectivity index (χ0n) is 47.7. The molecule has 1 aliphatic carbocycles. The van der Waals surface area contributed by atoms with E-state index in [0.717, 1.165) is 58.5 Å². The van der Waals surface area contributed by atoms with Crippen molar-refractivity contribution >= 4 is 25.6 Å². The molecule has 2 fully saturated rings. The molecule has 0 aromatic rings. The Morgan fingerprint density at radius 2 is 1.13 bits per heavy atom. The van der Waals surface area contributed by atoms with Crippen LogP contribution in [-0.4, -0.2) is 186 Å². The van der Waals surface area contributed by atoms with Gasteiger partial charge in [-0.2, -0.15) is 0 Å². The van der Waals surface area contributed by atoms with Gasteiger partial charge in [0.25, 0.3) is 5.79 Å². The minimum atomic E-state index is -5.49. The molecule has 2 unspecified atom stereocenters. The summed E-state index contributed by atoms with van der Waals surface area (Å²) in [5.41, 5.74) is 0. The average molecular weight is 1160 g/mol. The number of carbonyl (C=O) groups excluding carboxylic acids is 2. The molecule has 13 N–H and O–H groups in total. The lowest BCUT2D eigenvalue weighted by atomic mass is 9.84. The van der Waals surface area contributed by atoms with E-state index >= 15 is 0 Å². The van der Waals surface area contributed by atoms with Gasteiger partial charge in [0.15, 0.2) is 0 Å². The largest absolute Gasteiger partial charge is 0.477 e. The predicted octanol–water partition coefficient (Wildman–Crippen LogP) is 5.25. The molecule has 2 aliphatic rings. The minimum absolute atomic E-state index is 0.101. The lowest BCUT2D eigenvalue weighted by Crippen LogP contribution is -2.71. The van der Waals surface area contributed by atoms with Crippen molar-refractivity contribution in [3.05, 3.63) is 12.2 Å². The first-order valence-corrected chi connectivity index (χ1v) is 31.3. The van der Waals surface area contributed by atoms with Gasteiger partial charge in [-0.3, -0.25) is 18.6 Å². The van der Waals surface area contributed by atoms with Crippen LogP contribution in [0.4, 0.5) is 0 Å². The monoisotopic (exact) mass is 1160 g/mol. The lowest BCUT2D eigenvalue weighted by molar-refractivity contribution is -0.350. The fourth-order valence-corrected chi connectivity index (χ4v) is 11.2. The molecule has 0 bridgehead atoms. The summed E-state index contributed by atoms with van der Waals surface area (Å²) in [6.07, 6.45) is 11.8. The van der Waals surface area contributed by atoms with E-state index in [0.29, 0.717) is 12.8 Å². The van der Waals surface area contributed by atoms with Crippen LogP contribution < -0.4 is 10.6 Å². The highest BCUT2D eigenvalue weighted by atomic mass is 31.2. The molecule has 22 nitrogen and oxygen atoms in total. The molecule has 1 saturated heterocycles. The fourth-order valence-electron chi connectivity index (χ4n) is 10.2. The molecule has 15 atom stereocenters. The number of hydrogen-bond acceptors (Lipinski definition) is 18. The number of carboxylic acids is 1. The summed E-state index contributed by atoms with van der Waals surface area (Å²) >= 11 is 0. The Morgan fingerprint density at radius 1 is 0.658 bits per heavy atom. The van der Waals surface area contributed by atoms with E-state index in [2.05, 4.69) is 24.5 Å². The van der Waals surface area contributed by atoms with Crippen molar-refractivity contribution in [1.29, 1.82) is 0 Å². The number of amides is 2. The van der Waals surface area contributed by atoms with Crippen molar-refractivity contribution in [2.75, 3.05) is 26.9 Å². The number of carboxylic acid groups (broad SMARTS) is 1. The number of hydrogen-bond donors (Lipinski definition) is 13. The first kappa shape index (κ1) is 72.9. The predicted molar refractivity (Wildman–Crippen MR) is 295 cm³/mol. The number of nitrogens with one attached hydrogen (secondary N) is 2. The topological polar surface area (TPSA) is 361 Å². The van der Waals surface area contributed by atoms with Crippen molar-refractivity contribution in [3.8, 4) is 0 Å². The van der Waals surface area contributed by atoms with Crippen LogP contribution in [0.3, 0.4) is 0 Å². The van der Waals surface area contributed by atoms with Gasteiger partial charge in [0.2, 0.25) is 11.8 Å². The number of aliphatic carboxylic acids is 1. The van der Waals surface area contributed by atoms with Crippen molar-refractivity contribution in [2.24, 2.45) is 0 Å². The highest BCUT2D eigenvalue weighted by Crippen LogP contribution is 2.48. The first-order valence-electron chi connectivity index (χ1n) is 29.8. The smallest absolute Gasteiger partial charge is 0.472 e. The second-order valence-corrected chi connectivity index (χ2v) is 23.3. The van der Waals surface area contributed by atoms with Crippen LogP contribution in [0.25, 0.3) is 0 Å². The highest BCUT2D eigenvalue weighted by Gasteiger charge is 2.61. The fraction of sp³-hybridized carbons (Fsp3) is 0.911. The summed E-state index contributed by atoms with van der Waals surface area (Å²) in [7, 11) is -4.33. The third kappa shape index (κ3) is 28.3. The number of aliphatic hydroxyl groups excluding tert-OH is 9. The Hall–Kier alpha value is -2.22. The summed E-state index contributed by atoms with van der Waals surface area (Å²) in [5.74, 6) is -6.81. The minimum Gasteiger partial charge on any atom is -0.477 e. The molecule has 0 aromatic carbocycles. The number of aliphatic hydroxyl groups is 9. The number of unbranched alkanes of at least 4 members (excludes halogenated alkanes) is 27. The van der Waals surface area contributed by atoms with E-state index < -0.39 is 137 Å². The Morgan fingerprint density at radius 3 is 1.59 bits per heavy atom. The summed E-state index contributed by atoms with van der Waals surface area (Å²) in [5, 5.41) is 113. The highest BCUT2D eigenvalue weighted by molar-refractivity contribution is 7.47. The molecule has 0 spiro atoms. The molecule has 23 heteroatoms. The van der Waals surface area contributed by atoms with E-state index in [-0.39, 0.29) is 6.42 Å². The zero-order valence-corrected chi connectivity index (χ0v) is 48.6. The van der Waals surface area contributed by atoms with E-state index in [1.807, 2.05) is 0 Å². The number of ether oxygens (including phenoxy) is 3. The molecule has 1 heterocycles. The summed E-state index contributed by atoms with van der Waals surface area (Å²) in [4.78, 5) is 49.4. The molecule has 2 amide bonds. The average Bonchev–Trinajstić information content (AvgIpc) is 3.51. The third-order valence-corrected chi connectivity index (χ3v) is 16.0. The second-order valence-electron chi connectivity index (χ2n) is 21.9. The molecule has 0 radical (unpaired) electrons.